The molecule has 0 atom stereocenters. The maximum absolute atomic E-state index is 10.9. The lowest BCUT2D eigenvalue weighted by Gasteiger charge is -2.06. The van der Waals surface area contributed by atoms with Crippen LogP contribution in [0.3, 0.4) is 0 Å². The molecule has 1 aromatic rings. The highest BCUT2D eigenvalue weighted by atomic mass is 16.6. The van der Waals surface area contributed by atoms with Crippen LogP contribution in [0.25, 0.3) is 0 Å². The van der Waals surface area contributed by atoms with Gasteiger partial charge in [0.2, 0.25) is 0 Å². The van der Waals surface area contributed by atoms with E-state index >= 15 is 0 Å². The van der Waals surface area contributed by atoms with Crippen LogP contribution in [0.1, 0.15) is 19.4 Å². The van der Waals surface area contributed by atoms with Crippen molar-refractivity contribution in [2.75, 3.05) is 13.2 Å². The predicted molar refractivity (Wildman–Crippen MR) is 63.0 cm³/mol. The van der Waals surface area contributed by atoms with Gasteiger partial charge in [0.25, 0.3) is 0 Å². The van der Waals surface area contributed by atoms with Crippen molar-refractivity contribution >= 4 is 11.8 Å². The van der Waals surface area contributed by atoms with Crippen molar-refractivity contribution in [2.24, 2.45) is 0 Å². The van der Waals surface area contributed by atoms with E-state index in [2.05, 4.69) is 0 Å². The molecule has 4 nitrogen and oxygen atoms in total. The lowest BCUT2D eigenvalue weighted by atomic mass is 10.1. The van der Waals surface area contributed by atoms with Gasteiger partial charge in [0.1, 0.15) is 24.7 Å². The smallest absolute Gasteiger partial charge is 0.302 e. The van der Waals surface area contributed by atoms with Crippen LogP contribution >= 0.6 is 0 Å². The number of benzene rings is 1. The van der Waals surface area contributed by atoms with Crippen LogP contribution in [0, 0.1) is 0 Å². The van der Waals surface area contributed by atoms with E-state index in [4.69, 9.17) is 9.47 Å². The summed E-state index contributed by atoms with van der Waals surface area (Å²) in [5.41, 5.74) is 0.963. The molecule has 0 saturated carbocycles. The van der Waals surface area contributed by atoms with Gasteiger partial charge in [-0.1, -0.05) is 12.1 Å². The SMILES string of the molecule is CC(=O)Cc1ccc(OCCOC(C)=O)cc1. The molecule has 0 saturated heterocycles. The van der Waals surface area contributed by atoms with Crippen molar-refractivity contribution in [1.29, 1.82) is 0 Å². The van der Waals surface area contributed by atoms with Crippen LogP contribution in [0.2, 0.25) is 0 Å². The van der Waals surface area contributed by atoms with Crippen LogP contribution < -0.4 is 4.74 Å². The summed E-state index contributed by atoms with van der Waals surface area (Å²) in [6, 6.07) is 7.29. The molecule has 0 fully saturated rings. The second kappa shape index (κ2) is 6.68. The van der Waals surface area contributed by atoms with Gasteiger partial charge in [0, 0.05) is 13.3 Å². The first kappa shape index (κ1) is 13.2. The van der Waals surface area contributed by atoms with Crippen LogP contribution in [-0.4, -0.2) is 25.0 Å². The molecule has 0 bridgehead atoms. The zero-order valence-electron chi connectivity index (χ0n) is 10.1. The minimum absolute atomic E-state index is 0.133. The number of hydrogen-bond donors (Lipinski definition) is 0. The largest absolute Gasteiger partial charge is 0.490 e. The summed E-state index contributed by atoms with van der Waals surface area (Å²) < 4.78 is 10.1. The van der Waals surface area contributed by atoms with E-state index in [1.807, 2.05) is 12.1 Å². The molecule has 1 aromatic carbocycles. The van der Waals surface area contributed by atoms with Gasteiger partial charge in [-0.3, -0.25) is 9.59 Å². The van der Waals surface area contributed by atoms with E-state index < -0.39 is 0 Å². The average molecular weight is 236 g/mol. The van der Waals surface area contributed by atoms with Crippen molar-refractivity contribution in [3.63, 3.8) is 0 Å². The van der Waals surface area contributed by atoms with E-state index in [-0.39, 0.29) is 18.4 Å². The number of esters is 1. The third kappa shape index (κ3) is 5.70. The monoisotopic (exact) mass is 236 g/mol. The Morgan fingerprint density at radius 3 is 2.24 bits per heavy atom. The number of hydrogen-bond acceptors (Lipinski definition) is 4. The number of ether oxygens (including phenoxy) is 2. The fraction of sp³-hybridized carbons (Fsp3) is 0.385. The summed E-state index contributed by atoms with van der Waals surface area (Å²) in [6.45, 7) is 3.48. The summed E-state index contributed by atoms with van der Waals surface area (Å²) in [7, 11) is 0. The predicted octanol–water partition coefficient (Wildman–Crippen LogP) is 1.76. The van der Waals surface area contributed by atoms with Gasteiger partial charge >= 0.3 is 5.97 Å². The van der Waals surface area contributed by atoms with Crippen molar-refractivity contribution < 1.29 is 19.1 Å². The normalized spacial score (nSPS) is 9.76. The quantitative estimate of drug-likeness (QED) is 0.558. The standard InChI is InChI=1S/C13H16O4/c1-10(14)9-12-3-5-13(6-4-12)17-8-7-16-11(2)15/h3-6H,7-9H2,1-2H3. The van der Waals surface area contributed by atoms with Crippen LogP contribution in [0.5, 0.6) is 5.75 Å². The number of Topliss-reactive ketones (excluding diaryl/α,β-unsaturated/α-hetero) is 1. The molecule has 4 heteroatoms. The Bertz CT molecular complexity index is 381. The van der Waals surface area contributed by atoms with Crippen molar-refractivity contribution in [3.8, 4) is 5.75 Å². The van der Waals surface area contributed by atoms with Crippen molar-refractivity contribution in [3.05, 3.63) is 29.8 Å². The summed E-state index contributed by atoms with van der Waals surface area (Å²) in [4.78, 5) is 21.4. The van der Waals surface area contributed by atoms with Gasteiger partial charge in [-0.05, 0) is 24.6 Å². The lowest BCUT2D eigenvalue weighted by molar-refractivity contribution is -0.141. The van der Waals surface area contributed by atoms with E-state index in [9.17, 15) is 9.59 Å². The fourth-order valence-electron chi connectivity index (χ4n) is 1.34. The highest BCUT2D eigenvalue weighted by molar-refractivity contribution is 5.78. The molecule has 0 unspecified atom stereocenters. The maximum Gasteiger partial charge on any atom is 0.302 e. The second-order valence-corrected chi connectivity index (χ2v) is 3.71. The highest BCUT2D eigenvalue weighted by Gasteiger charge is 1.99. The zero-order chi connectivity index (χ0) is 12.7. The Labute approximate surface area is 101 Å². The van der Waals surface area contributed by atoms with Gasteiger partial charge in [0.15, 0.2) is 0 Å². The number of ketones is 1. The third-order valence-corrected chi connectivity index (χ3v) is 2.03. The molecule has 0 N–H and O–H groups in total. The van der Waals surface area contributed by atoms with Gasteiger partial charge in [-0.15, -0.1) is 0 Å². The molecule has 0 aromatic heterocycles. The highest BCUT2D eigenvalue weighted by Crippen LogP contribution is 2.12. The Kier molecular flexibility index (Phi) is 5.20. The molecule has 0 aliphatic heterocycles. The van der Waals surface area contributed by atoms with Gasteiger partial charge in [-0.25, -0.2) is 0 Å². The van der Waals surface area contributed by atoms with E-state index in [1.54, 1.807) is 19.1 Å². The molecule has 0 aliphatic carbocycles. The molecule has 0 radical (unpaired) electrons. The molecular weight excluding hydrogens is 220 g/mol. The topological polar surface area (TPSA) is 52.6 Å². The summed E-state index contributed by atoms with van der Waals surface area (Å²) in [5.74, 6) is 0.517. The molecule has 0 spiro atoms. The minimum Gasteiger partial charge on any atom is -0.490 e. The number of carbonyl (C=O) groups excluding carboxylic acids is 2. The van der Waals surface area contributed by atoms with E-state index in [1.165, 1.54) is 6.92 Å². The number of rotatable bonds is 6. The lowest BCUT2D eigenvalue weighted by Crippen LogP contribution is -2.09. The van der Waals surface area contributed by atoms with Gasteiger partial charge in [0.05, 0.1) is 0 Å². The molecular formula is C13H16O4. The Hall–Kier alpha value is -1.84. The van der Waals surface area contributed by atoms with Crippen molar-refractivity contribution in [2.45, 2.75) is 20.3 Å². The van der Waals surface area contributed by atoms with E-state index in [0.717, 1.165) is 5.56 Å². The second-order valence-electron chi connectivity index (χ2n) is 3.71. The Morgan fingerprint density at radius 1 is 1.06 bits per heavy atom. The third-order valence-electron chi connectivity index (χ3n) is 2.03. The Morgan fingerprint density at radius 2 is 1.71 bits per heavy atom. The first-order valence-corrected chi connectivity index (χ1v) is 5.42. The minimum atomic E-state index is -0.314. The molecule has 0 aliphatic rings. The van der Waals surface area contributed by atoms with Crippen LogP contribution in [-0.2, 0) is 20.7 Å². The van der Waals surface area contributed by atoms with Crippen LogP contribution in [0.15, 0.2) is 24.3 Å². The zero-order valence-corrected chi connectivity index (χ0v) is 10.1. The first-order valence-electron chi connectivity index (χ1n) is 5.42. The van der Waals surface area contributed by atoms with E-state index in [0.29, 0.717) is 18.8 Å². The average Bonchev–Trinajstić information content (AvgIpc) is 2.25. The molecule has 0 amide bonds. The van der Waals surface area contributed by atoms with Crippen molar-refractivity contribution in [1.82, 2.24) is 0 Å². The van der Waals surface area contributed by atoms with Gasteiger partial charge in [-0.2, -0.15) is 0 Å². The van der Waals surface area contributed by atoms with Gasteiger partial charge < -0.3 is 9.47 Å². The first-order chi connectivity index (χ1) is 8.08. The number of carbonyl (C=O) groups is 2. The molecule has 1 rings (SSSR count). The van der Waals surface area contributed by atoms with Crippen LogP contribution in [0.4, 0.5) is 0 Å². The molecule has 0 heterocycles. The fourth-order valence-corrected chi connectivity index (χ4v) is 1.34. The summed E-state index contributed by atoms with van der Waals surface area (Å²) >= 11 is 0. The Balaban J connectivity index is 2.35. The maximum atomic E-state index is 10.9. The molecule has 17 heavy (non-hydrogen) atoms. The summed E-state index contributed by atoms with van der Waals surface area (Å²) in [6.07, 6.45) is 0.438. The summed E-state index contributed by atoms with van der Waals surface area (Å²) in [5, 5.41) is 0. The molecule has 92 valence electrons.